The number of amides is 1. The van der Waals surface area contributed by atoms with E-state index in [1.54, 1.807) is 9.58 Å². The summed E-state index contributed by atoms with van der Waals surface area (Å²) in [7, 11) is 1.83. The van der Waals surface area contributed by atoms with Gasteiger partial charge in [-0.1, -0.05) is 6.58 Å². The lowest BCUT2D eigenvalue weighted by Gasteiger charge is -2.19. The van der Waals surface area contributed by atoms with E-state index in [4.69, 9.17) is 9.47 Å². The molecule has 0 N–H and O–H groups in total. The average molecular weight is 325 g/mol. The molecule has 0 radical (unpaired) electrons. The normalized spacial score (nSPS) is 15.4. The number of aromatic nitrogens is 2. The number of carbonyl (C=O) groups is 1. The number of hydrogen-bond acceptors (Lipinski definition) is 4. The maximum Gasteiger partial charge on any atom is 0.251 e. The number of carbonyl (C=O) groups excluding carboxylic acids is 1. The van der Waals surface area contributed by atoms with Gasteiger partial charge in [0, 0.05) is 24.9 Å². The van der Waals surface area contributed by atoms with Crippen LogP contribution in [0.15, 0.2) is 37.1 Å². The highest BCUT2D eigenvalue weighted by molar-refractivity contribution is 6.00. The summed E-state index contributed by atoms with van der Waals surface area (Å²) < 4.78 is 12.9. The molecule has 0 spiro atoms. The highest BCUT2D eigenvalue weighted by atomic mass is 16.7. The first-order chi connectivity index (χ1) is 11.7. The second-order valence-electron chi connectivity index (χ2n) is 6.17. The predicted molar refractivity (Wildman–Crippen MR) is 89.1 cm³/mol. The van der Waals surface area contributed by atoms with Crippen LogP contribution in [0.1, 0.15) is 29.9 Å². The number of ether oxygens (including phenoxy) is 2. The first-order valence-corrected chi connectivity index (χ1v) is 8.01. The zero-order chi connectivity index (χ0) is 16.7. The molecule has 124 valence electrons. The Kier molecular flexibility index (Phi) is 3.52. The molecule has 4 rings (SSSR count). The zero-order valence-electron chi connectivity index (χ0n) is 13.6. The van der Waals surface area contributed by atoms with Gasteiger partial charge in [0.2, 0.25) is 6.79 Å². The minimum atomic E-state index is -0.181. The maximum atomic E-state index is 12.3. The standard InChI is InChI=1S/C18H19N3O3/c1-3-17(22)21(16-6-7-20(2)19-16)10-12-8-14(13-4-5-13)18-15(9-12)23-11-24-18/h3,6-9,13H,1,4-5,10-11H2,2H3. The molecule has 0 bridgehead atoms. The lowest BCUT2D eigenvalue weighted by atomic mass is 10.0. The van der Waals surface area contributed by atoms with Gasteiger partial charge in [0.25, 0.3) is 5.91 Å². The Morgan fingerprint density at radius 2 is 2.29 bits per heavy atom. The van der Waals surface area contributed by atoms with Crippen molar-refractivity contribution in [3.8, 4) is 11.5 Å². The van der Waals surface area contributed by atoms with Crippen LogP contribution in [-0.4, -0.2) is 22.5 Å². The third kappa shape index (κ3) is 2.64. The van der Waals surface area contributed by atoms with Gasteiger partial charge in [-0.05, 0) is 42.5 Å². The molecule has 1 fully saturated rings. The molecule has 2 heterocycles. The van der Waals surface area contributed by atoms with E-state index in [1.807, 2.05) is 25.4 Å². The Morgan fingerprint density at radius 1 is 1.46 bits per heavy atom. The number of benzene rings is 1. The quantitative estimate of drug-likeness (QED) is 0.793. The summed E-state index contributed by atoms with van der Waals surface area (Å²) in [5, 5.41) is 4.34. The SMILES string of the molecule is C=CC(=O)N(Cc1cc2c(c(C3CC3)c1)OCO2)c1ccn(C)n1. The maximum absolute atomic E-state index is 12.3. The van der Waals surface area contributed by atoms with E-state index in [0.717, 1.165) is 17.1 Å². The van der Waals surface area contributed by atoms with Crippen molar-refractivity contribution in [3.63, 3.8) is 0 Å². The molecule has 0 unspecified atom stereocenters. The van der Waals surface area contributed by atoms with Gasteiger partial charge in [-0.15, -0.1) is 0 Å². The highest BCUT2D eigenvalue weighted by Gasteiger charge is 2.31. The van der Waals surface area contributed by atoms with Gasteiger partial charge < -0.3 is 9.47 Å². The monoisotopic (exact) mass is 325 g/mol. The molecule has 0 atom stereocenters. The highest BCUT2D eigenvalue weighted by Crippen LogP contribution is 2.49. The number of nitrogens with zero attached hydrogens (tertiary/aromatic N) is 3. The van der Waals surface area contributed by atoms with Crippen molar-refractivity contribution in [2.75, 3.05) is 11.7 Å². The van der Waals surface area contributed by atoms with E-state index < -0.39 is 0 Å². The van der Waals surface area contributed by atoms with Crippen molar-refractivity contribution in [1.82, 2.24) is 9.78 Å². The van der Waals surface area contributed by atoms with E-state index in [9.17, 15) is 4.79 Å². The van der Waals surface area contributed by atoms with Gasteiger partial charge in [0.05, 0.1) is 6.54 Å². The number of aryl methyl sites for hydroxylation is 1. The molecule has 1 aromatic heterocycles. The van der Waals surface area contributed by atoms with Crippen LogP contribution in [0.25, 0.3) is 0 Å². The first-order valence-electron chi connectivity index (χ1n) is 8.01. The summed E-state index contributed by atoms with van der Waals surface area (Å²) in [5.74, 6) is 2.59. The Hall–Kier alpha value is -2.76. The van der Waals surface area contributed by atoms with Crippen LogP contribution in [0.2, 0.25) is 0 Å². The Morgan fingerprint density at radius 3 is 2.96 bits per heavy atom. The number of anilines is 1. The molecule has 2 aromatic rings. The molecule has 2 aliphatic rings. The number of rotatable bonds is 5. The Labute approximate surface area is 140 Å². The smallest absolute Gasteiger partial charge is 0.251 e. The fourth-order valence-corrected chi connectivity index (χ4v) is 3.00. The van der Waals surface area contributed by atoms with E-state index in [2.05, 4.69) is 17.7 Å². The lowest BCUT2D eigenvalue weighted by molar-refractivity contribution is -0.114. The summed E-state index contributed by atoms with van der Waals surface area (Å²) in [4.78, 5) is 13.9. The summed E-state index contributed by atoms with van der Waals surface area (Å²) >= 11 is 0. The van der Waals surface area contributed by atoms with Gasteiger partial charge in [0.1, 0.15) is 0 Å². The van der Waals surface area contributed by atoms with E-state index in [-0.39, 0.29) is 12.7 Å². The molecule has 0 saturated heterocycles. The van der Waals surface area contributed by atoms with Crippen LogP contribution in [0.5, 0.6) is 11.5 Å². The number of fused-ring (bicyclic) bond motifs is 1. The third-order valence-electron chi connectivity index (χ3n) is 4.34. The van der Waals surface area contributed by atoms with Crippen molar-refractivity contribution < 1.29 is 14.3 Å². The van der Waals surface area contributed by atoms with Crippen LogP contribution in [0, 0.1) is 0 Å². The van der Waals surface area contributed by atoms with Crippen LogP contribution >= 0.6 is 0 Å². The fourth-order valence-electron chi connectivity index (χ4n) is 3.00. The molecule has 6 nitrogen and oxygen atoms in total. The van der Waals surface area contributed by atoms with Crippen molar-refractivity contribution in [2.24, 2.45) is 7.05 Å². The molecule has 1 saturated carbocycles. The average Bonchev–Trinajstić information content (AvgIpc) is 3.17. The van der Waals surface area contributed by atoms with Gasteiger partial charge in [-0.3, -0.25) is 14.4 Å². The second-order valence-corrected chi connectivity index (χ2v) is 6.17. The fraction of sp³-hybridized carbons (Fsp3) is 0.333. The van der Waals surface area contributed by atoms with E-state index in [0.29, 0.717) is 18.3 Å². The molecule has 6 heteroatoms. The van der Waals surface area contributed by atoms with Crippen molar-refractivity contribution in [1.29, 1.82) is 0 Å². The lowest BCUT2D eigenvalue weighted by Crippen LogP contribution is -2.29. The molecule has 1 aliphatic carbocycles. The third-order valence-corrected chi connectivity index (χ3v) is 4.34. The summed E-state index contributed by atoms with van der Waals surface area (Å²) in [6, 6.07) is 5.88. The first kappa shape index (κ1) is 14.8. The van der Waals surface area contributed by atoms with Crippen molar-refractivity contribution >= 4 is 11.7 Å². The van der Waals surface area contributed by atoms with Crippen LogP contribution in [0.4, 0.5) is 5.82 Å². The van der Waals surface area contributed by atoms with Crippen molar-refractivity contribution in [3.05, 3.63) is 48.2 Å². The molecular weight excluding hydrogens is 306 g/mol. The number of hydrogen-bond donors (Lipinski definition) is 0. The zero-order valence-corrected chi connectivity index (χ0v) is 13.6. The molecule has 1 aromatic carbocycles. The van der Waals surface area contributed by atoms with Crippen LogP contribution in [-0.2, 0) is 18.4 Å². The predicted octanol–water partition coefficient (Wildman–Crippen LogP) is 2.75. The van der Waals surface area contributed by atoms with Gasteiger partial charge >= 0.3 is 0 Å². The summed E-state index contributed by atoms with van der Waals surface area (Å²) in [6.45, 7) is 4.27. The Bertz CT molecular complexity index is 808. The van der Waals surface area contributed by atoms with Gasteiger partial charge in [-0.2, -0.15) is 5.10 Å². The van der Waals surface area contributed by atoms with Crippen LogP contribution < -0.4 is 14.4 Å². The molecule has 1 aliphatic heterocycles. The summed E-state index contributed by atoms with van der Waals surface area (Å²) in [6.07, 6.45) is 5.47. The van der Waals surface area contributed by atoms with Crippen molar-refractivity contribution in [2.45, 2.75) is 25.3 Å². The Balaban J connectivity index is 1.68. The molecular formula is C18H19N3O3. The van der Waals surface area contributed by atoms with Gasteiger partial charge in [-0.25, -0.2) is 0 Å². The topological polar surface area (TPSA) is 56.6 Å². The van der Waals surface area contributed by atoms with E-state index >= 15 is 0 Å². The minimum Gasteiger partial charge on any atom is -0.454 e. The molecule has 24 heavy (non-hydrogen) atoms. The summed E-state index contributed by atoms with van der Waals surface area (Å²) in [5.41, 5.74) is 2.19. The molecule has 1 amide bonds. The van der Waals surface area contributed by atoms with Gasteiger partial charge in [0.15, 0.2) is 17.3 Å². The second kappa shape index (κ2) is 5.70. The largest absolute Gasteiger partial charge is 0.454 e. The minimum absolute atomic E-state index is 0.181. The van der Waals surface area contributed by atoms with E-state index in [1.165, 1.54) is 24.5 Å². The van der Waals surface area contributed by atoms with Crippen LogP contribution in [0.3, 0.4) is 0 Å².